The van der Waals surface area contributed by atoms with Gasteiger partial charge in [-0.2, -0.15) is 0 Å². The van der Waals surface area contributed by atoms with Gasteiger partial charge < -0.3 is 15.2 Å². The minimum absolute atomic E-state index is 0.0122. The number of aliphatic hydroxyl groups excluding tert-OH is 1. The molecule has 1 saturated carbocycles. The second-order valence-corrected chi connectivity index (χ2v) is 5.20. The third-order valence-corrected chi connectivity index (χ3v) is 3.59. The van der Waals surface area contributed by atoms with Crippen LogP contribution in [-0.2, 0) is 4.79 Å². The summed E-state index contributed by atoms with van der Waals surface area (Å²) < 4.78 is 5.49. The highest BCUT2D eigenvalue weighted by molar-refractivity contribution is 5.77. The molecule has 0 aromatic heterocycles. The number of aryl methyl sites for hydroxylation is 1. The van der Waals surface area contributed by atoms with Crippen molar-refractivity contribution in [1.82, 2.24) is 5.32 Å². The summed E-state index contributed by atoms with van der Waals surface area (Å²) in [5.41, 5.74) is 2.19. The summed E-state index contributed by atoms with van der Waals surface area (Å²) in [7, 11) is 0. The Morgan fingerprint density at radius 3 is 2.89 bits per heavy atom. The van der Waals surface area contributed by atoms with Gasteiger partial charge >= 0.3 is 0 Å². The number of nitrogens with one attached hydrogen (secondary N) is 1. The van der Waals surface area contributed by atoms with E-state index in [9.17, 15) is 9.90 Å². The Kier molecular flexibility index (Phi) is 4.43. The van der Waals surface area contributed by atoms with Crippen LogP contribution in [0.4, 0.5) is 0 Å². The number of carbonyl (C=O) groups is 1. The average Bonchev–Trinajstić information content (AvgIpc) is 3.22. The Balaban J connectivity index is 1.75. The lowest BCUT2D eigenvalue weighted by Crippen LogP contribution is -2.36. The zero-order valence-corrected chi connectivity index (χ0v) is 11.5. The van der Waals surface area contributed by atoms with Crippen LogP contribution in [0.5, 0.6) is 5.75 Å². The molecular weight excluding hydrogens is 242 g/mol. The zero-order chi connectivity index (χ0) is 13.8. The molecule has 0 saturated heterocycles. The van der Waals surface area contributed by atoms with E-state index < -0.39 is 6.10 Å². The van der Waals surface area contributed by atoms with Crippen LogP contribution in [0.2, 0.25) is 0 Å². The van der Waals surface area contributed by atoms with Crippen LogP contribution in [0.1, 0.15) is 24.0 Å². The van der Waals surface area contributed by atoms with Crippen molar-refractivity contribution in [3.63, 3.8) is 0 Å². The normalized spacial score (nSPS) is 15.9. The predicted octanol–water partition coefficient (Wildman–Crippen LogP) is 1.57. The third kappa shape index (κ3) is 3.96. The van der Waals surface area contributed by atoms with E-state index in [1.807, 2.05) is 32.0 Å². The molecule has 0 spiro atoms. The highest BCUT2D eigenvalue weighted by Crippen LogP contribution is 2.32. The van der Waals surface area contributed by atoms with Gasteiger partial charge in [0, 0.05) is 6.54 Å². The van der Waals surface area contributed by atoms with Crippen LogP contribution in [0.15, 0.2) is 18.2 Å². The maximum absolute atomic E-state index is 11.6. The molecule has 1 unspecified atom stereocenters. The third-order valence-electron chi connectivity index (χ3n) is 3.59. The average molecular weight is 263 g/mol. The summed E-state index contributed by atoms with van der Waals surface area (Å²) in [4.78, 5) is 11.6. The van der Waals surface area contributed by atoms with E-state index in [2.05, 4.69) is 5.32 Å². The molecule has 4 nitrogen and oxygen atoms in total. The van der Waals surface area contributed by atoms with Crippen LogP contribution in [0.25, 0.3) is 0 Å². The van der Waals surface area contributed by atoms with E-state index in [1.165, 1.54) is 0 Å². The number of amides is 1. The van der Waals surface area contributed by atoms with Crippen LogP contribution in [0.3, 0.4) is 0 Å². The predicted molar refractivity (Wildman–Crippen MR) is 73.2 cm³/mol. The lowest BCUT2D eigenvalue weighted by molar-refractivity contribution is -0.123. The molecule has 1 aromatic carbocycles. The smallest absolute Gasteiger partial charge is 0.258 e. The van der Waals surface area contributed by atoms with Gasteiger partial charge in [-0.05, 0) is 49.8 Å². The van der Waals surface area contributed by atoms with Crippen molar-refractivity contribution in [2.24, 2.45) is 5.92 Å². The molecule has 1 fully saturated rings. The van der Waals surface area contributed by atoms with Crippen molar-refractivity contribution in [2.75, 3.05) is 13.2 Å². The van der Waals surface area contributed by atoms with E-state index in [4.69, 9.17) is 4.74 Å². The highest BCUT2D eigenvalue weighted by Gasteiger charge is 2.29. The topological polar surface area (TPSA) is 58.6 Å². The molecule has 19 heavy (non-hydrogen) atoms. The maximum Gasteiger partial charge on any atom is 0.258 e. The standard InChI is InChI=1S/C15H21NO3/c1-10-4-3-5-14(11(10)2)19-9-15(18)16-8-13(17)12-6-7-12/h3-5,12-13,17H,6-9H2,1-2H3,(H,16,18). The number of benzene rings is 1. The summed E-state index contributed by atoms with van der Waals surface area (Å²) in [5, 5.41) is 12.3. The Labute approximate surface area is 113 Å². The van der Waals surface area contributed by atoms with E-state index in [0.717, 1.165) is 29.7 Å². The summed E-state index contributed by atoms with van der Waals surface area (Å²) in [6, 6.07) is 5.77. The van der Waals surface area contributed by atoms with Gasteiger partial charge in [-0.15, -0.1) is 0 Å². The molecule has 1 aliphatic carbocycles. The molecule has 0 bridgehead atoms. The van der Waals surface area contributed by atoms with Gasteiger partial charge in [-0.3, -0.25) is 4.79 Å². The fourth-order valence-corrected chi connectivity index (χ4v) is 1.94. The molecule has 1 atom stereocenters. The summed E-state index contributed by atoms with van der Waals surface area (Å²) in [6.45, 7) is 4.29. The highest BCUT2D eigenvalue weighted by atomic mass is 16.5. The number of ether oxygens (including phenoxy) is 1. The molecule has 0 aliphatic heterocycles. The number of hydrogen-bond acceptors (Lipinski definition) is 3. The Morgan fingerprint density at radius 2 is 2.21 bits per heavy atom. The number of carbonyl (C=O) groups excluding carboxylic acids is 1. The molecule has 0 heterocycles. The largest absolute Gasteiger partial charge is 0.483 e. The Hall–Kier alpha value is -1.55. The number of rotatable bonds is 6. The van der Waals surface area contributed by atoms with Gasteiger partial charge in [-0.1, -0.05) is 12.1 Å². The van der Waals surface area contributed by atoms with E-state index in [1.54, 1.807) is 0 Å². The molecule has 2 rings (SSSR count). The van der Waals surface area contributed by atoms with Gasteiger partial charge in [0.25, 0.3) is 5.91 Å². The minimum Gasteiger partial charge on any atom is -0.483 e. The van der Waals surface area contributed by atoms with E-state index in [0.29, 0.717) is 12.5 Å². The molecule has 1 amide bonds. The summed E-state index contributed by atoms with van der Waals surface area (Å²) in [6.07, 6.45) is 1.72. The van der Waals surface area contributed by atoms with Crippen LogP contribution in [0, 0.1) is 19.8 Å². The van der Waals surface area contributed by atoms with Gasteiger partial charge in [-0.25, -0.2) is 0 Å². The molecule has 0 radical (unpaired) electrons. The van der Waals surface area contributed by atoms with Crippen molar-refractivity contribution < 1.29 is 14.6 Å². The van der Waals surface area contributed by atoms with Crippen molar-refractivity contribution in [2.45, 2.75) is 32.8 Å². The van der Waals surface area contributed by atoms with Crippen LogP contribution >= 0.6 is 0 Å². The minimum atomic E-state index is -0.412. The molecular formula is C15H21NO3. The van der Waals surface area contributed by atoms with Crippen molar-refractivity contribution in [3.05, 3.63) is 29.3 Å². The van der Waals surface area contributed by atoms with Gasteiger partial charge in [0.1, 0.15) is 5.75 Å². The quantitative estimate of drug-likeness (QED) is 0.819. The SMILES string of the molecule is Cc1cccc(OCC(=O)NCC(O)C2CC2)c1C. The maximum atomic E-state index is 11.6. The first-order chi connectivity index (χ1) is 9.08. The second kappa shape index (κ2) is 6.06. The Morgan fingerprint density at radius 1 is 1.47 bits per heavy atom. The van der Waals surface area contributed by atoms with Crippen molar-refractivity contribution in [3.8, 4) is 5.75 Å². The second-order valence-electron chi connectivity index (χ2n) is 5.20. The molecule has 1 aliphatic rings. The lowest BCUT2D eigenvalue weighted by atomic mass is 10.1. The van der Waals surface area contributed by atoms with Gasteiger partial charge in [0.15, 0.2) is 6.61 Å². The Bertz CT molecular complexity index is 455. The first kappa shape index (κ1) is 13.9. The van der Waals surface area contributed by atoms with Crippen molar-refractivity contribution >= 4 is 5.91 Å². The van der Waals surface area contributed by atoms with Crippen LogP contribution < -0.4 is 10.1 Å². The van der Waals surface area contributed by atoms with Crippen LogP contribution in [-0.4, -0.2) is 30.3 Å². The fraction of sp³-hybridized carbons (Fsp3) is 0.533. The van der Waals surface area contributed by atoms with Gasteiger partial charge in [0.05, 0.1) is 6.10 Å². The summed E-state index contributed by atoms with van der Waals surface area (Å²) >= 11 is 0. The zero-order valence-electron chi connectivity index (χ0n) is 11.5. The summed E-state index contributed by atoms with van der Waals surface area (Å²) in [5.74, 6) is 0.915. The number of hydrogen-bond donors (Lipinski definition) is 2. The molecule has 104 valence electrons. The molecule has 2 N–H and O–H groups in total. The fourth-order valence-electron chi connectivity index (χ4n) is 1.94. The first-order valence-corrected chi connectivity index (χ1v) is 6.71. The monoisotopic (exact) mass is 263 g/mol. The van der Waals surface area contributed by atoms with Gasteiger partial charge in [0.2, 0.25) is 0 Å². The first-order valence-electron chi connectivity index (χ1n) is 6.71. The molecule has 4 heteroatoms. The van der Waals surface area contributed by atoms with E-state index in [-0.39, 0.29) is 12.5 Å². The van der Waals surface area contributed by atoms with Crippen molar-refractivity contribution in [1.29, 1.82) is 0 Å². The number of aliphatic hydroxyl groups is 1. The van der Waals surface area contributed by atoms with E-state index >= 15 is 0 Å². The lowest BCUT2D eigenvalue weighted by Gasteiger charge is -2.13. The molecule has 1 aromatic rings.